The highest BCUT2D eigenvalue weighted by molar-refractivity contribution is 5.84. The summed E-state index contributed by atoms with van der Waals surface area (Å²) in [6.07, 6.45) is 1.46. The van der Waals surface area contributed by atoms with Gasteiger partial charge in [-0.05, 0) is 25.5 Å². The summed E-state index contributed by atoms with van der Waals surface area (Å²) in [5, 5.41) is 12.7. The number of carbonyl (C=O) groups is 1. The third kappa shape index (κ3) is 2.15. The molecule has 2 rings (SSSR count). The quantitative estimate of drug-likeness (QED) is 0.869. The van der Waals surface area contributed by atoms with Crippen molar-refractivity contribution in [2.45, 2.75) is 13.8 Å². The van der Waals surface area contributed by atoms with Gasteiger partial charge in [0.1, 0.15) is 0 Å². The van der Waals surface area contributed by atoms with Gasteiger partial charge < -0.3 is 5.11 Å². The monoisotopic (exact) mass is 244 g/mol. The van der Waals surface area contributed by atoms with Crippen molar-refractivity contribution >= 4 is 5.97 Å². The summed E-state index contributed by atoms with van der Waals surface area (Å²) in [6, 6.07) is 6.92. The first-order valence-corrected chi connectivity index (χ1v) is 5.40. The van der Waals surface area contributed by atoms with Crippen molar-refractivity contribution in [3.63, 3.8) is 0 Å². The lowest BCUT2D eigenvalue weighted by Crippen LogP contribution is -2.20. The lowest BCUT2D eigenvalue weighted by molar-refractivity contribution is 0.0687. The molecule has 0 fully saturated rings. The fourth-order valence-electron chi connectivity index (χ4n) is 1.75. The number of hydrogen-bond donors (Lipinski definition) is 1. The Bertz CT molecular complexity index is 674. The average Bonchev–Trinajstić information content (AvgIpc) is 2.30. The fourth-order valence-corrected chi connectivity index (χ4v) is 1.75. The Hall–Kier alpha value is -2.43. The number of benzene rings is 1. The van der Waals surface area contributed by atoms with E-state index in [1.807, 2.05) is 32.0 Å². The molecular formula is C13H12N2O3. The summed E-state index contributed by atoms with van der Waals surface area (Å²) in [5.74, 6) is -1.32. The molecule has 0 saturated heterocycles. The van der Waals surface area contributed by atoms with E-state index in [-0.39, 0.29) is 0 Å². The standard InChI is InChI=1S/C13H12N2O3/c1-8-3-4-10(9(2)7-8)15-6-5-11(16)12(14-15)13(17)18/h3-7H,1-2H3,(H,17,18). The molecule has 92 valence electrons. The van der Waals surface area contributed by atoms with Crippen LogP contribution in [0.15, 0.2) is 35.3 Å². The smallest absolute Gasteiger partial charge is 0.360 e. The molecule has 0 amide bonds. The van der Waals surface area contributed by atoms with Crippen LogP contribution in [0, 0.1) is 13.8 Å². The van der Waals surface area contributed by atoms with Crippen molar-refractivity contribution in [1.82, 2.24) is 9.78 Å². The van der Waals surface area contributed by atoms with Gasteiger partial charge >= 0.3 is 5.97 Å². The van der Waals surface area contributed by atoms with Crippen LogP contribution in [-0.4, -0.2) is 20.9 Å². The summed E-state index contributed by atoms with van der Waals surface area (Å²) in [4.78, 5) is 22.2. The van der Waals surface area contributed by atoms with E-state index >= 15 is 0 Å². The number of carboxylic acid groups (broad SMARTS) is 1. The molecule has 1 heterocycles. The van der Waals surface area contributed by atoms with Crippen molar-refractivity contribution in [2.24, 2.45) is 0 Å². The number of nitrogens with zero attached hydrogens (tertiary/aromatic N) is 2. The number of hydrogen-bond acceptors (Lipinski definition) is 3. The zero-order chi connectivity index (χ0) is 13.3. The highest BCUT2D eigenvalue weighted by atomic mass is 16.4. The maximum absolute atomic E-state index is 11.3. The molecule has 0 aliphatic carbocycles. The van der Waals surface area contributed by atoms with Crippen LogP contribution in [0.3, 0.4) is 0 Å². The zero-order valence-corrected chi connectivity index (χ0v) is 10.0. The summed E-state index contributed by atoms with van der Waals surface area (Å²) >= 11 is 0. The van der Waals surface area contributed by atoms with Crippen LogP contribution in [0.1, 0.15) is 21.6 Å². The molecule has 0 aliphatic heterocycles. The van der Waals surface area contributed by atoms with E-state index in [1.54, 1.807) is 0 Å². The van der Waals surface area contributed by atoms with E-state index in [2.05, 4.69) is 5.10 Å². The summed E-state index contributed by atoms with van der Waals surface area (Å²) < 4.78 is 1.40. The fraction of sp³-hybridized carbons (Fsp3) is 0.154. The molecule has 5 nitrogen and oxygen atoms in total. The van der Waals surface area contributed by atoms with Crippen LogP contribution in [0.2, 0.25) is 0 Å². The van der Waals surface area contributed by atoms with Crippen molar-refractivity contribution in [2.75, 3.05) is 0 Å². The molecule has 0 spiro atoms. The van der Waals surface area contributed by atoms with Gasteiger partial charge in [-0.1, -0.05) is 17.7 Å². The van der Waals surface area contributed by atoms with Gasteiger partial charge in [0.25, 0.3) is 0 Å². The molecular weight excluding hydrogens is 232 g/mol. The summed E-state index contributed by atoms with van der Waals surface area (Å²) in [7, 11) is 0. The first-order valence-electron chi connectivity index (χ1n) is 5.40. The topological polar surface area (TPSA) is 72.2 Å². The maximum atomic E-state index is 11.3. The van der Waals surface area contributed by atoms with E-state index in [0.29, 0.717) is 0 Å². The summed E-state index contributed by atoms with van der Waals surface area (Å²) in [5.41, 5.74) is 1.75. The molecule has 0 bridgehead atoms. The lowest BCUT2D eigenvalue weighted by Gasteiger charge is -2.09. The number of aromatic nitrogens is 2. The third-order valence-corrected chi connectivity index (χ3v) is 2.61. The molecule has 1 aromatic carbocycles. The Morgan fingerprint density at radius 1 is 1.28 bits per heavy atom. The molecule has 0 saturated carbocycles. The molecule has 1 aromatic heterocycles. The van der Waals surface area contributed by atoms with Crippen LogP contribution < -0.4 is 5.43 Å². The van der Waals surface area contributed by atoms with E-state index < -0.39 is 17.1 Å². The van der Waals surface area contributed by atoms with Crippen molar-refractivity contribution < 1.29 is 9.90 Å². The Kier molecular flexibility index (Phi) is 2.97. The van der Waals surface area contributed by atoms with Gasteiger partial charge in [-0.25, -0.2) is 9.48 Å². The second-order valence-corrected chi connectivity index (χ2v) is 4.07. The predicted molar refractivity (Wildman–Crippen MR) is 66.3 cm³/mol. The number of rotatable bonds is 2. The highest BCUT2D eigenvalue weighted by Gasteiger charge is 2.11. The molecule has 0 aliphatic rings. The molecule has 0 radical (unpaired) electrons. The van der Waals surface area contributed by atoms with Gasteiger partial charge in [-0.15, -0.1) is 0 Å². The Morgan fingerprint density at radius 2 is 2.00 bits per heavy atom. The van der Waals surface area contributed by atoms with E-state index in [1.165, 1.54) is 16.9 Å². The predicted octanol–water partition coefficient (Wildman–Crippen LogP) is 1.55. The van der Waals surface area contributed by atoms with Crippen molar-refractivity contribution in [3.8, 4) is 5.69 Å². The first kappa shape index (κ1) is 12.0. The average molecular weight is 244 g/mol. The van der Waals surface area contributed by atoms with E-state index in [0.717, 1.165) is 16.8 Å². The van der Waals surface area contributed by atoms with Gasteiger partial charge in [0.2, 0.25) is 11.1 Å². The largest absolute Gasteiger partial charge is 0.476 e. The van der Waals surface area contributed by atoms with Crippen molar-refractivity contribution in [3.05, 3.63) is 57.5 Å². The molecule has 1 N–H and O–H groups in total. The Labute approximate surface area is 103 Å². The molecule has 18 heavy (non-hydrogen) atoms. The second-order valence-electron chi connectivity index (χ2n) is 4.07. The van der Waals surface area contributed by atoms with Gasteiger partial charge in [0.15, 0.2) is 0 Å². The van der Waals surface area contributed by atoms with Gasteiger partial charge in [-0.3, -0.25) is 4.79 Å². The zero-order valence-electron chi connectivity index (χ0n) is 10.0. The van der Waals surface area contributed by atoms with Gasteiger partial charge in [0.05, 0.1) is 5.69 Å². The van der Waals surface area contributed by atoms with Crippen LogP contribution in [0.4, 0.5) is 0 Å². The molecule has 0 unspecified atom stereocenters. The highest BCUT2D eigenvalue weighted by Crippen LogP contribution is 2.13. The lowest BCUT2D eigenvalue weighted by atomic mass is 10.1. The number of aryl methyl sites for hydroxylation is 2. The minimum atomic E-state index is -1.32. The number of carboxylic acids is 1. The Morgan fingerprint density at radius 3 is 2.61 bits per heavy atom. The van der Waals surface area contributed by atoms with Crippen LogP contribution in [-0.2, 0) is 0 Å². The van der Waals surface area contributed by atoms with Gasteiger partial charge in [-0.2, -0.15) is 5.10 Å². The maximum Gasteiger partial charge on any atom is 0.360 e. The summed E-state index contributed by atoms with van der Waals surface area (Å²) in [6.45, 7) is 3.88. The first-order chi connectivity index (χ1) is 8.49. The molecule has 0 atom stereocenters. The Balaban J connectivity index is 2.61. The molecule has 2 aromatic rings. The number of aromatic carboxylic acids is 1. The molecule has 5 heteroatoms. The second kappa shape index (κ2) is 4.44. The van der Waals surface area contributed by atoms with Gasteiger partial charge in [0, 0.05) is 12.3 Å². The van der Waals surface area contributed by atoms with Crippen LogP contribution in [0.25, 0.3) is 5.69 Å². The SMILES string of the molecule is Cc1ccc(-n2ccc(=O)c(C(=O)O)n2)c(C)c1. The normalized spacial score (nSPS) is 10.3. The van der Waals surface area contributed by atoms with E-state index in [9.17, 15) is 9.59 Å². The minimum Gasteiger partial charge on any atom is -0.476 e. The van der Waals surface area contributed by atoms with Crippen molar-refractivity contribution in [1.29, 1.82) is 0 Å². The minimum absolute atomic E-state index is 0.475. The van der Waals surface area contributed by atoms with E-state index in [4.69, 9.17) is 5.11 Å². The van der Waals surface area contributed by atoms with Crippen LogP contribution >= 0.6 is 0 Å². The van der Waals surface area contributed by atoms with Crippen LogP contribution in [0.5, 0.6) is 0 Å². The third-order valence-electron chi connectivity index (χ3n) is 2.61.